The molecule has 1 fully saturated rings. The van der Waals surface area contributed by atoms with E-state index in [1.807, 2.05) is 0 Å². The molecule has 1 saturated carbocycles. The van der Waals surface area contributed by atoms with E-state index in [0.717, 1.165) is 19.3 Å². The van der Waals surface area contributed by atoms with E-state index in [4.69, 9.17) is 16.3 Å². The fourth-order valence-electron chi connectivity index (χ4n) is 1.90. The summed E-state index contributed by atoms with van der Waals surface area (Å²) in [4.78, 5) is 11.7. The number of benzene rings is 1. The van der Waals surface area contributed by atoms with Gasteiger partial charge in [0, 0.05) is 12.6 Å². The van der Waals surface area contributed by atoms with Gasteiger partial charge >= 0.3 is 6.03 Å². The highest BCUT2D eigenvalue weighted by Crippen LogP contribution is 2.30. The Labute approximate surface area is 116 Å². The molecule has 19 heavy (non-hydrogen) atoms. The van der Waals surface area contributed by atoms with Crippen molar-refractivity contribution in [2.45, 2.75) is 24.9 Å². The van der Waals surface area contributed by atoms with Crippen molar-refractivity contribution in [2.75, 3.05) is 19.0 Å². The lowest BCUT2D eigenvalue weighted by Crippen LogP contribution is -2.48. The number of ether oxygens (including phenoxy) is 1. The summed E-state index contributed by atoms with van der Waals surface area (Å²) in [5.41, 5.74) is -0.269. The van der Waals surface area contributed by atoms with Crippen LogP contribution in [-0.4, -0.2) is 30.4 Å². The lowest BCUT2D eigenvalue weighted by molar-refractivity contribution is -0.0287. The zero-order valence-corrected chi connectivity index (χ0v) is 11.5. The summed E-state index contributed by atoms with van der Waals surface area (Å²) in [5, 5.41) is 15.6. The number of carbonyl (C=O) groups excluding carboxylic acids is 1. The van der Waals surface area contributed by atoms with Gasteiger partial charge in [0.05, 0.1) is 23.4 Å². The second-order valence-electron chi connectivity index (χ2n) is 4.73. The van der Waals surface area contributed by atoms with Crippen LogP contribution >= 0.6 is 11.6 Å². The molecule has 1 aliphatic carbocycles. The van der Waals surface area contributed by atoms with Gasteiger partial charge in [-0.3, -0.25) is 0 Å². The molecule has 0 saturated heterocycles. The number of rotatable bonds is 4. The third-order valence-corrected chi connectivity index (χ3v) is 3.61. The number of methoxy groups -OCH3 is 1. The molecule has 3 N–H and O–H groups in total. The first-order valence-corrected chi connectivity index (χ1v) is 6.51. The van der Waals surface area contributed by atoms with Crippen molar-refractivity contribution in [1.29, 1.82) is 0 Å². The first-order valence-electron chi connectivity index (χ1n) is 6.13. The minimum atomic E-state index is -0.741. The zero-order chi connectivity index (χ0) is 13.9. The van der Waals surface area contributed by atoms with Crippen LogP contribution in [0.1, 0.15) is 19.3 Å². The number of aliphatic hydroxyl groups is 1. The Hall–Kier alpha value is -1.46. The molecule has 0 atom stereocenters. The first-order chi connectivity index (χ1) is 9.02. The molecular formula is C13H17ClN2O3. The van der Waals surface area contributed by atoms with Crippen LogP contribution in [0.3, 0.4) is 0 Å². The van der Waals surface area contributed by atoms with Crippen molar-refractivity contribution < 1.29 is 14.6 Å². The van der Waals surface area contributed by atoms with Gasteiger partial charge in [0.2, 0.25) is 0 Å². The molecule has 0 heterocycles. The smallest absolute Gasteiger partial charge is 0.319 e. The number of urea groups is 1. The lowest BCUT2D eigenvalue weighted by atomic mass is 9.80. The van der Waals surface area contributed by atoms with Crippen molar-refractivity contribution >= 4 is 23.3 Å². The third kappa shape index (κ3) is 3.52. The molecule has 2 rings (SSSR count). The maximum Gasteiger partial charge on any atom is 0.319 e. The largest absolute Gasteiger partial charge is 0.497 e. The fourth-order valence-corrected chi connectivity index (χ4v) is 2.06. The Bertz CT molecular complexity index is 475. The van der Waals surface area contributed by atoms with Crippen LogP contribution in [-0.2, 0) is 0 Å². The topological polar surface area (TPSA) is 70.6 Å². The Morgan fingerprint density at radius 1 is 1.53 bits per heavy atom. The van der Waals surface area contributed by atoms with Crippen LogP contribution in [0.2, 0.25) is 5.02 Å². The van der Waals surface area contributed by atoms with Crippen molar-refractivity contribution in [1.82, 2.24) is 5.32 Å². The molecule has 104 valence electrons. The van der Waals surface area contributed by atoms with Crippen molar-refractivity contribution in [2.24, 2.45) is 0 Å². The Morgan fingerprint density at radius 3 is 2.84 bits per heavy atom. The van der Waals surface area contributed by atoms with Crippen molar-refractivity contribution in [3.05, 3.63) is 23.2 Å². The number of amides is 2. The SMILES string of the molecule is COc1ccc(Cl)c(NC(=O)NCC2(O)CCC2)c1. The van der Waals surface area contributed by atoms with Gasteiger partial charge in [0.25, 0.3) is 0 Å². The van der Waals surface area contributed by atoms with E-state index in [9.17, 15) is 9.90 Å². The number of carbonyl (C=O) groups is 1. The highest BCUT2D eigenvalue weighted by Gasteiger charge is 2.34. The summed E-state index contributed by atoms with van der Waals surface area (Å²) in [6.07, 6.45) is 2.46. The number of hydrogen-bond acceptors (Lipinski definition) is 3. The molecule has 1 aromatic carbocycles. The first kappa shape index (κ1) is 14.0. The minimum Gasteiger partial charge on any atom is -0.497 e. The fraction of sp³-hybridized carbons (Fsp3) is 0.462. The van der Waals surface area contributed by atoms with E-state index in [0.29, 0.717) is 16.5 Å². The van der Waals surface area contributed by atoms with Crippen LogP contribution in [0.5, 0.6) is 5.75 Å². The molecule has 0 radical (unpaired) electrons. The lowest BCUT2D eigenvalue weighted by Gasteiger charge is -2.36. The summed E-state index contributed by atoms with van der Waals surface area (Å²) in [6, 6.07) is 4.60. The van der Waals surface area contributed by atoms with Crippen LogP contribution in [0.25, 0.3) is 0 Å². The van der Waals surface area contributed by atoms with Gasteiger partial charge in [-0.1, -0.05) is 11.6 Å². The number of nitrogens with one attached hydrogen (secondary N) is 2. The monoisotopic (exact) mass is 284 g/mol. The van der Waals surface area contributed by atoms with Crippen molar-refractivity contribution in [3.8, 4) is 5.75 Å². The van der Waals surface area contributed by atoms with Gasteiger partial charge in [-0.25, -0.2) is 4.79 Å². The predicted molar refractivity (Wildman–Crippen MR) is 73.8 cm³/mol. The van der Waals surface area contributed by atoms with Crippen LogP contribution in [0.4, 0.5) is 10.5 Å². The Kier molecular flexibility index (Phi) is 4.17. The summed E-state index contributed by atoms with van der Waals surface area (Å²) in [6.45, 7) is 0.250. The molecule has 1 aliphatic rings. The highest BCUT2D eigenvalue weighted by atomic mass is 35.5. The van der Waals surface area contributed by atoms with Gasteiger partial charge in [-0.05, 0) is 31.4 Å². The van der Waals surface area contributed by atoms with Crippen molar-refractivity contribution in [3.63, 3.8) is 0 Å². The predicted octanol–water partition coefficient (Wildman–Crippen LogP) is 2.39. The molecule has 2 amide bonds. The van der Waals surface area contributed by atoms with Gasteiger partial charge < -0.3 is 20.5 Å². The Morgan fingerprint density at radius 2 is 2.26 bits per heavy atom. The molecule has 0 aliphatic heterocycles. The van der Waals surface area contributed by atoms with E-state index in [2.05, 4.69) is 10.6 Å². The quantitative estimate of drug-likeness (QED) is 0.795. The van der Waals surface area contributed by atoms with Crippen LogP contribution in [0.15, 0.2) is 18.2 Å². The maximum absolute atomic E-state index is 11.7. The molecule has 0 spiro atoms. The van der Waals surface area contributed by atoms with Gasteiger partial charge in [-0.15, -0.1) is 0 Å². The maximum atomic E-state index is 11.7. The number of hydrogen-bond donors (Lipinski definition) is 3. The zero-order valence-electron chi connectivity index (χ0n) is 10.7. The summed E-state index contributed by atoms with van der Waals surface area (Å²) < 4.78 is 5.06. The summed E-state index contributed by atoms with van der Waals surface area (Å²) in [5.74, 6) is 0.609. The van der Waals surface area contributed by atoms with Gasteiger partial charge in [-0.2, -0.15) is 0 Å². The number of halogens is 1. The van der Waals surface area contributed by atoms with E-state index < -0.39 is 11.6 Å². The van der Waals surface area contributed by atoms with E-state index >= 15 is 0 Å². The average Bonchev–Trinajstić information content (AvgIpc) is 2.37. The molecule has 5 nitrogen and oxygen atoms in total. The van der Waals surface area contributed by atoms with E-state index in [1.54, 1.807) is 25.3 Å². The molecule has 6 heteroatoms. The van der Waals surface area contributed by atoms with E-state index in [-0.39, 0.29) is 6.54 Å². The molecule has 0 aromatic heterocycles. The molecule has 0 unspecified atom stereocenters. The van der Waals surface area contributed by atoms with E-state index in [1.165, 1.54) is 0 Å². The normalized spacial score (nSPS) is 16.4. The second-order valence-corrected chi connectivity index (χ2v) is 5.14. The van der Waals surface area contributed by atoms with Crippen LogP contribution in [0, 0.1) is 0 Å². The standard InChI is InChI=1S/C13H17ClN2O3/c1-19-9-3-4-10(14)11(7-9)16-12(17)15-8-13(18)5-2-6-13/h3-4,7,18H,2,5-6,8H2,1H3,(H2,15,16,17). The highest BCUT2D eigenvalue weighted by molar-refractivity contribution is 6.33. The summed E-state index contributed by atoms with van der Waals surface area (Å²) in [7, 11) is 1.54. The summed E-state index contributed by atoms with van der Waals surface area (Å²) >= 11 is 5.98. The van der Waals surface area contributed by atoms with Gasteiger partial charge in [0.1, 0.15) is 5.75 Å². The third-order valence-electron chi connectivity index (χ3n) is 3.28. The number of anilines is 1. The molecule has 1 aromatic rings. The average molecular weight is 285 g/mol. The second kappa shape index (κ2) is 5.67. The Balaban J connectivity index is 1.91. The molecule has 0 bridgehead atoms. The molecular weight excluding hydrogens is 268 g/mol. The van der Waals surface area contributed by atoms with Gasteiger partial charge in [0.15, 0.2) is 0 Å². The minimum absolute atomic E-state index is 0.250. The van der Waals surface area contributed by atoms with Crippen LogP contribution < -0.4 is 15.4 Å².